The van der Waals surface area contributed by atoms with Crippen LogP contribution in [0.4, 0.5) is 5.69 Å². The summed E-state index contributed by atoms with van der Waals surface area (Å²) in [5.74, 6) is -0.488. The summed E-state index contributed by atoms with van der Waals surface area (Å²) in [5.41, 5.74) is 3.56. The van der Waals surface area contributed by atoms with E-state index in [9.17, 15) is 14.4 Å². The first-order valence-electron chi connectivity index (χ1n) is 8.75. The number of hydrogen-bond donors (Lipinski definition) is 0. The zero-order valence-electron chi connectivity index (χ0n) is 13.9. The quantitative estimate of drug-likeness (QED) is 0.795. The second kappa shape index (κ2) is 6.35. The SMILES string of the molecule is O=C1N=NC(Cc2cccc(N3C(=O)CCC3=O)c2)C2=C1CCCC2. The Labute approximate surface area is 145 Å². The lowest BCUT2D eigenvalue weighted by atomic mass is 9.84. The van der Waals surface area contributed by atoms with Crippen LogP contribution in [0.5, 0.6) is 0 Å². The Bertz CT molecular complexity index is 809. The van der Waals surface area contributed by atoms with E-state index in [4.69, 9.17) is 0 Å². The minimum atomic E-state index is -0.187. The highest BCUT2D eigenvalue weighted by Gasteiger charge is 2.31. The monoisotopic (exact) mass is 337 g/mol. The average molecular weight is 337 g/mol. The van der Waals surface area contributed by atoms with Gasteiger partial charge in [-0.25, -0.2) is 0 Å². The standard InChI is InChI=1S/C19H19N3O3/c23-17-8-9-18(24)22(17)13-5-3-4-12(10-13)11-16-14-6-1-2-7-15(14)19(25)21-20-16/h3-5,10,16H,1-2,6-9,11H2. The number of amides is 3. The molecule has 4 rings (SSSR count). The molecule has 25 heavy (non-hydrogen) atoms. The van der Waals surface area contributed by atoms with Crippen LogP contribution in [0.1, 0.15) is 44.1 Å². The smallest absolute Gasteiger partial charge is 0.274 e. The van der Waals surface area contributed by atoms with Crippen LogP contribution >= 0.6 is 0 Å². The number of benzene rings is 1. The maximum atomic E-state index is 11.9. The molecule has 3 aliphatic rings. The zero-order chi connectivity index (χ0) is 17.4. The van der Waals surface area contributed by atoms with Crippen LogP contribution < -0.4 is 4.90 Å². The van der Waals surface area contributed by atoms with Gasteiger partial charge in [0.05, 0.1) is 11.7 Å². The van der Waals surface area contributed by atoms with E-state index in [1.54, 1.807) is 6.07 Å². The van der Waals surface area contributed by atoms with Crippen molar-refractivity contribution >= 4 is 23.4 Å². The van der Waals surface area contributed by atoms with E-state index in [1.165, 1.54) is 4.90 Å². The molecule has 0 radical (unpaired) electrons. The van der Waals surface area contributed by atoms with Gasteiger partial charge < -0.3 is 0 Å². The zero-order valence-corrected chi connectivity index (χ0v) is 13.9. The first-order valence-corrected chi connectivity index (χ1v) is 8.75. The van der Waals surface area contributed by atoms with Gasteiger partial charge in [0.25, 0.3) is 5.91 Å². The first kappa shape index (κ1) is 15.9. The summed E-state index contributed by atoms with van der Waals surface area (Å²) < 4.78 is 0. The molecule has 1 saturated heterocycles. The molecule has 1 aromatic carbocycles. The number of carbonyl (C=O) groups excluding carboxylic acids is 3. The Morgan fingerprint density at radius 3 is 2.56 bits per heavy atom. The minimum absolute atomic E-state index is 0.117. The van der Waals surface area contributed by atoms with Crippen LogP contribution in [0.3, 0.4) is 0 Å². The summed E-state index contributed by atoms with van der Waals surface area (Å²) in [4.78, 5) is 37.1. The number of hydrogen-bond acceptors (Lipinski definition) is 4. The highest BCUT2D eigenvalue weighted by Crippen LogP contribution is 2.34. The van der Waals surface area contributed by atoms with Crippen molar-refractivity contribution in [2.75, 3.05) is 4.90 Å². The molecule has 0 saturated carbocycles. The maximum absolute atomic E-state index is 11.9. The van der Waals surface area contributed by atoms with Crippen molar-refractivity contribution in [3.05, 3.63) is 41.0 Å². The number of azo groups is 1. The predicted octanol–water partition coefficient (Wildman–Crippen LogP) is 3.11. The van der Waals surface area contributed by atoms with E-state index in [-0.39, 0.29) is 36.6 Å². The van der Waals surface area contributed by atoms with Crippen molar-refractivity contribution in [1.82, 2.24) is 0 Å². The van der Waals surface area contributed by atoms with E-state index in [0.717, 1.165) is 42.4 Å². The number of imide groups is 1. The molecule has 1 atom stereocenters. The lowest BCUT2D eigenvalue weighted by molar-refractivity contribution is -0.121. The maximum Gasteiger partial charge on any atom is 0.291 e. The van der Waals surface area contributed by atoms with Gasteiger partial charge in [0.15, 0.2) is 0 Å². The Morgan fingerprint density at radius 2 is 1.76 bits per heavy atom. The molecule has 6 nitrogen and oxygen atoms in total. The van der Waals surface area contributed by atoms with Gasteiger partial charge in [-0.1, -0.05) is 12.1 Å². The lowest BCUT2D eigenvalue weighted by Gasteiger charge is -2.26. The Balaban J connectivity index is 1.59. The van der Waals surface area contributed by atoms with Crippen molar-refractivity contribution in [3.8, 4) is 0 Å². The number of anilines is 1. The highest BCUT2D eigenvalue weighted by molar-refractivity contribution is 6.19. The van der Waals surface area contributed by atoms with Gasteiger partial charge in [-0.2, -0.15) is 5.11 Å². The molecule has 2 aliphatic heterocycles. The van der Waals surface area contributed by atoms with Crippen LogP contribution in [0.25, 0.3) is 0 Å². The molecular weight excluding hydrogens is 318 g/mol. The third-order valence-corrected chi connectivity index (χ3v) is 5.11. The topological polar surface area (TPSA) is 79.2 Å². The first-order chi connectivity index (χ1) is 12.1. The van der Waals surface area contributed by atoms with Gasteiger partial charge in [-0.05, 0) is 49.0 Å². The fourth-order valence-electron chi connectivity index (χ4n) is 3.87. The summed E-state index contributed by atoms with van der Waals surface area (Å²) in [6.45, 7) is 0. The average Bonchev–Trinajstić information content (AvgIpc) is 2.96. The molecule has 0 N–H and O–H groups in total. The molecule has 0 spiro atoms. The molecule has 1 aromatic rings. The normalized spacial score (nSPS) is 23.4. The van der Waals surface area contributed by atoms with Gasteiger partial charge in [0.2, 0.25) is 11.8 Å². The van der Waals surface area contributed by atoms with Gasteiger partial charge in [0.1, 0.15) is 0 Å². The molecule has 6 heteroatoms. The van der Waals surface area contributed by atoms with E-state index >= 15 is 0 Å². The van der Waals surface area contributed by atoms with Crippen molar-refractivity contribution in [1.29, 1.82) is 0 Å². The summed E-state index contributed by atoms with van der Waals surface area (Å²) in [5, 5.41) is 8.04. The Kier molecular flexibility index (Phi) is 4.03. The number of carbonyl (C=O) groups is 3. The largest absolute Gasteiger partial charge is 0.291 e. The van der Waals surface area contributed by atoms with Crippen LogP contribution in [0.2, 0.25) is 0 Å². The minimum Gasteiger partial charge on any atom is -0.274 e. The molecule has 0 bridgehead atoms. The molecule has 3 amide bonds. The molecule has 0 aromatic heterocycles. The van der Waals surface area contributed by atoms with Gasteiger partial charge in [-0.15, -0.1) is 5.11 Å². The van der Waals surface area contributed by atoms with Crippen molar-refractivity contribution in [2.45, 2.75) is 51.0 Å². The highest BCUT2D eigenvalue weighted by atomic mass is 16.2. The Morgan fingerprint density at radius 1 is 1.00 bits per heavy atom. The third-order valence-electron chi connectivity index (χ3n) is 5.11. The predicted molar refractivity (Wildman–Crippen MR) is 91.0 cm³/mol. The summed E-state index contributed by atoms with van der Waals surface area (Å²) in [6, 6.07) is 7.35. The van der Waals surface area contributed by atoms with Gasteiger partial charge in [-0.3, -0.25) is 19.3 Å². The summed E-state index contributed by atoms with van der Waals surface area (Å²) in [7, 11) is 0. The van der Waals surface area contributed by atoms with E-state index in [0.29, 0.717) is 12.1 Å². The molecule has 1 unspecified atom stereocenters. The van der Waals surface area contributed by atoms with Crippen LogP contribution in [0, 0.1) is 0 Å². The molecule has 1 fully saturated rings. The number of nitrogens with zero attached hydrogens (tertiary/aromatic N) is 3. The second-order valence-corrected chi connectivity index (χ2v) is 6.74. The number of rotatable bonds is 3. The second-order valence-electron chi connectivity index (χ2n) is 6.74. The van der Waals surface area contributed by atoms with Crippen molar-refractivity contribution in [3.63, 3.8) is 0 Å². The van der Waals surface area contributed by atoms with Crippen molar-refractivity contribution < 1.29 is 14.4 Å². The summed E-state index contributed by atoms with van der Waals surface area (Å²) >= 11 is 0. The van der Waals surface area contributed by atoms with Crippen LogP contribution in [-0.4, -0.2) is 23.8 Å². The molecule has 128 valence electrons. The van der Waals surface area contributed by atoms with Gasteiger partial charge in [0, 0.05) is 24.8 Å². The lowest BCUT2D eigenvalue weighted by Crippen LogP contribution is -2.28. The van der Waals surface area contributed by atoms with Crippen LogP contribution in [-0.2, 0) is 20.8 Å². The van der Waals surface area contributed by atoms with E-state index < -0.39 is 0 Å². The summed E-state index contributed by atoms with van der Waals surface area (Å²) in [6.07, 6.45) is 4.97. The van der Waals surface area contributed by atoms with E-state index in [2.05, 4.69) is 10.2 Å². The van der Waals surface area contributed by atoms with E-state index in [1.807, 2.05) is 18.2 Å². The Hall–Kier alpha value is -2.63. The fraction of sp³-hybridized carbons (Fsp3) is 0.421. The van der Waals surface area contributed by atoms with Crippen LogP contribution in [0.15, 0.2) is 45.6 Å². The molecule has 1 aliphatic carbocycles. The molecule has 2 heterocycles. The molecular formula is C19H19N3O3. The van der Waals surface area contributed by atoms with Gasteiger partial charge >= 0.3 is 0 Å². The third kappa shape index (κ3) is 2.92. The fourth-order valence-corrected chi connectivity index (χ4v) is 3.87. The van der Waals surface area contributed by atoms with Crippen molar-refractivity contribution in [2.24, 2.45) is 10.2 Å².